The second-order valence-electron chi connectivity index (χ2n) is 1.97. The molecule has 0 fully saturated rings. The summed E-state index contributed by atoms with van der Waals surface area (Å²) in [4.78, 5) is 1.13. The molecule has 0 saturated heterocycles. The van der Waals surface area contributed by atoms with Crippen molar-refractivity contribution >= 4 is 11.3 Å². The van der Waals surface area contributed by atoms with Gasteiger partial charge in [0.15, 0.2) is 0 Å². The van der Waals surface area contributed by atoms with E-state index in [0.29, 0.717) is 6.42 Å². The van der Waals surface area contributed by atoms with Crippen molar-refractivity contribution in [1.29, 1.82) is 0 Å². The summed E-state index contributed by atoms with van der Waals surface area (Å²) < 4.78 is 0. The van der Waals surface area contributed by atoms with E-state index in [0.717, 1.165) is 4.88 Å². The van der Waals surface area contributed by atoms with E-state index < -0.39 is 6.10 Å². The summed E-state index contributed by atoms with van der Waals surface area (Å²) in [5, 5.41) is 11.0. The highest BCUT2D eigenvalue weighted by Crippen LogP contribution is 2.10. The van der Waals surface area contributed by atoms with Crippen LogP contribution < -0.4 is 0 Å². The van der Waals surface area contributed by atoms with E-state index in [9.17, 15) is 0 Å². The number of terminal acetylenes is 1. The van der Waals surface area contributed by atoms with E-state index in [4.69, 9.17) is 11.5 Å². The smallest absolute Gasteiger partial charge is 0.119 e. The molecule has 1 rings (SSSR count). The molecule has 0 saturated carbocycles. The van der Waals surface area contributed by atoms with Gasteiger partial charge >= 0.3 is 0 Å². The predicted octanol–water partition coefficient (Wildman–Crippen LogP) is 1.28. The van der Waals surface area contributed by atoms with Gasteiger partial charge in [-0.2, -0.15) is 0 Å². The maximum absolute atomic E-state index is 9.00. The Kier molecular flexibility index (Phi) is 2.49. The summed E-state index contributed by atoms with van der Waals surface area (Å²) in [6, 6.07) is 3.91. The van der Waals surface area contributed by atoms with E-state index >= 15 is 0 Å². The maximum atomic E-state index is 9.00. The van der Waals surface area contributed by atoms with Gasteiger partial charge in [0.05, 0.1) is 0 Å². The van der Waals surface area contributed by atoms with Gasteiger partial charge in [0.1, 0.15) is 6.10 Å². The lowest BCUT2D eigenvalue weighted by Crippen LogP contribution is -2.04. The van der Waals surface area contributed by atoms with Gasteiger partial charge in [-0.25, -0.2) is 0 Å². The Morgan fingerprint density at radius 3 is 3.10 bits per heavy atom. The third-order valence-corrected chi connectivity index (χ3v) is 2.07. The Bertz CT molecular complexity index is 220. The Hall–Kier alpha value is -0.780. The van der Waals surface area contributed by atoms with Gasteiger partial charge < -0.3 is 5.11 Å². The first kappa shape index (κ1) is 7.33. The minimum absolute atomic E-state index is 0.578. The summed E-state index contributed by atoms with van der Waals surface area (Å²) >= 11 is 1.61. The molecule has 0 radical (unpaired) electrons. The van der Waals surface area contributed by atoms with Crippen LogP contribution in [0.2, 0.25) is 0 Å². The van der Waals surface area contributed by atoms with Crippen LogP contribution in [0.15, 0.2) is 17.5 Å². The van der Waals surface area contributed by atoms with Crippen molar-refractivity contribution in [2.75, 3.05) is 0 Å². The molecular formula is C8H8OS. The number of hydrogen-bond acceptors (Lipinski definition) is 2. The van der Waals surface area contributed by atoms with Crippen molar-refractivity contribution in [3.8, 4) is 12.3 Å². The predicted molar refractivity (Wildman–Crippen MR) is 42.9 cm³/mol. The maximum Gasteiger partial charge on any atom is 0.119 e. The fourth-order valence-electron chi connectivity index (χ4n) is 0.678. The number of rotatable bonds is 2. The van der Waals surface area contributed by atoms with Crippen molar-refractivity contribution in [2.45, 2.75) is 12.5 Å². The first-order valence-corrected chi connectivity index (χ1v) is 3.87. The third-order valence-electron chi connectivity index (χ3n) is 1.17. The van der Waals surface area contributed by atoms with E-state index in [1.54, 1.807) is 11.3 Å². The van der Waals surface area contributed by atoms with Crippen molar-refractivity contribution in [3.63, 3.8) is 0 Å². The molecule has 1 aromatic heterocycles. The van der Waals surface area contributed by atoms with Crippen molar-refractivity contribution in [1.82, 2.24) is 0 Å². The third kappa shape index (κ3) is 1.87. The van der Waals surface area contributed by atoms with Gasteiger partial charge in [-0.3, -0.25) is 0 Å². The molecule has 1 N–H and O–H groups in total. The van der Waals surface area contributed by atoms with Crippen molar-refractivity contribution in [3.05, 3.63) is 22.4 Å². The van der Waals surface area contributed by atoms with Crippen LogP contribution in [-0.2, 0) is 6.42 Å². The Labute approximate surface area is 64.3 Å². The molecule has 0 aliphatic carbocycles. The van der Waals surface area contributed by atoms with Gasteiger partial charge in [-0.15, -0.1) is 17.8 Å². The van der Waals surface area contributed by atoms with Crippen molar-refractivity contribution < 1.29 is 5.11 Å². The lowest BCUT2D eigenvalue weighted by Gasteiger charge is -1.97. The van der Waals surface area contributed by atoms with Gasteiger partial charge in [0.2, 0.25) is 0 Å². The zero-order valence-electron chi connectivity index (χ0n) is 5.45. The van der Waals surface area contributed by atoms with E-state index in [1.165, 1.54) is 0 Å². The van der Waals surface area contributed by atoms with E-state index in [2.05, 4.69) is 5.92 Å². The van der Waals surface area contributed by atoms with Gasteiger partial charge in [0.25, 0.3) is 0 Å². The van der Waals surface area contributed by atoms with Crippen LogP contribution in [0.25, 0.3) is 0 Å². The second kappa shape index (κ2) is 3.40. The summed E-state index contributed by atoms with van der Waals surface area (Å²) in [5.74, 6) is 2.27. The molecule has 2 heteroatoms. The molecule has 1 unspecified atom stereocenters. The number of aliphatic hydroxyl groups excluding tert-OH is 1. The standard InChI is InChI=1S/C8H8OS/c1-2-7(9)6-8-4-3-5-10-8/h1,3-5,7,9H,6H2. The van der Waals surface area contributed by atoms with Crippen molar-refractivity contribution in [2.24, 2.45) is 0 Å². The SMILES string of the molecule is C#CC(O)Cc1cccs1. The van der Waals surface area contributed by atoms with Gasteiger partial charge in [0, 0.05) is 11.3 Å². The molecule has 0 spiro atoms. The van der Waals surface area contributed by atoms with Gasteiger partial charge in [-0.1, -0.05) is 12.0 Å². The first-order chi connectivity index (χ1) is 4.83. The molecule has 52 valence electrons. The summed E-state index contributed by atoms with van der Waals surface area (Å²) in [7, 11) is 0. The van der Waals surface area contributed by atoms with Crippen LogP contribution in [0.1, 0.15) is 4.88 Å². The van der Waals surface area contributed by atoms with E-state index in [-0.39, 0.29) is 0 Å². The lowest BCUT2D eigenvalue weighted by molar-refractivity contribution is 0.234. The summed E-state index contributed by atoms with van der Waals surface area (Å²) in [5.41, 5.74) is 0. The number of aliphatic hydroxyl groups is 1. The monoisotopic (exact) mass is 152 g/mol. The minimum atomic E-state index is -0.626. The highest BCUT2D eigenvalue weighted by Gasteiger charge is 2.00. The quantitative estimate of drug-likeness (QED) is 0.633. The summed E-state index contributed by atoms with van der Waals surface area (Å²) in [6.45, 7) is 0. The minimum Gasteiger partial charge on any atom is -0.380 e. The molecular weight excluding hydrogens is 144 g/mol. The molecule has 1 heterocycles. The van der Waals surface area contributed by atoms with E-state index in [1.807, 2.05) is 17.5 Å². The first-order valence-electron chi connectivity index (χ1n) is 2.99. The molecule has 0 aliphatic heterocycles. The van der Waals surface area contributed by atoms with Gasteiger partial charge in [-0.05, 0) is 11.4 Å². The molecule has 0 bridgehead atoms. The normalized spacial score (nSPS) is 12.4. The molecule has 1 aromatic rings. The number of hydrogen-bond donors (Lipinski definition) is 1. The molecule has 1 nitrogen and oxygen atoms in total. The largest absolute Gasteiger partial charge is 0.380 e. The van der Waals surface area contributed by atoms with Crippen LogP contribution in [0.3, 0.4) is 0 Å². The molecule has 10 heavy (non-hydrogen) atoms. The molecule has 0 aromatic carbocycles. The average Bonchev–Trinajstić information content (AvgIpc) is 2.40. The average molecular weight is 152 g/mol. The van der Waals surface area contributed by atoms with Crippen LogP contribution in [0.4, 0.5) is 0 Å². The lowest BCUT2D eigenvalue weighted by atomic mass is 10.2. The second-order valence-corrected chi connectivity index (χ2v) is 3.00. The number of thiophene rings is 1. The molecule has 0 aliphatic rings. The van der Waals surface area contributed by atoms with Crippen LogP contribution in [0.5, 0.6) is 0 Å². The molecule has 1 atom stereocenters. The Balaban J connectivity index is 2.50. The summed E-state index contributed by atoms with van der Waals surface area (Å²) in [6.07, 6.45) is 4.94. The van der Waals surface area contributed by atoms with Crippen LogP contribution >= 0.6 is 11.3 Å². The fourth-order valence-corrected chi connectivity index (χ4v) is 1.42. The highest BCUT2D eigenvalue weighted by molar-refractivity contribution is 7.09. The molecule has 0 amide bonds. The zero-order chi connectivity index (χ0) is 7.40. The van der Waals surface area contributed by atoms with Crippen LogP contribution in [-0.4, -0.2) is 11.2 Å². The topological polar surface area (TPSA) is 20.2 Å². The Morgan fingerprint density at radius 2 is 2.60 bits per heavy atom. The Morgan fingerprint density at radius 1 is 1.80 bits per heavy atom. The zero-order valence-corrected chi connectivity index (χ0v) is 6.27. The fraction of sp³-hybridized carbons (Fsp3) is 0.250. The highest BCUT2D eigenvalue weighted by atomic mass is 32.1. The van der Waals surface area contributed by atoms with Crippen LogP contribution in [0, 0.1) is 12.3 Å².